The molecule has 1 saturated carbocycles. The van der Waals surface area contributed by atoms with Crippen molar-refractivity contribution in [3.8, 4) is 5.75 Å². The highest BCUT2D eigenvalue weighted by molar-refractivity contribution is 6.07. The predicted octanol–water partition coefficient (Wildman–Crippen LogP) is 0.782. The van der Waals surface area contributed by atoms with E-state index in [4.69, 9.17) is 4.74 Å². The topological polar surface area (TPSA) is 79.0 Å². The summed E-state index contributed by atoms with van der Waals surface area (Å²) in [7, 11) is 1.61. The van der Waals surface area contributed by atoms with Gasteiger partial charge in [0.2, 0.25) is 17.7 Å². The second kappa shape index (κ2) is 7.35. The molecule has 1 aromatic rings. The SMILES string of the molecule is COc1ccc(CNC(=O)C2(C(=O)N3CCN(C(C)=O)CC3)CC2)cc1. The molecule has 1 N–H and O–H groups in total. The highest BCUT2D eigenvalue weighted by Crippen LogP contribution is 2.47. The fourth-order valence-corrected chi connectivity index (χ4v) is 3.29. The number of benzene rings is 1. The second-order valence-electron chi connectivity index (χ2n) is 6.91. The average Bonchev–Trinajstić information content (AvgIpc) is 3.48. The quantitative estimate of drug-likeness (QED) is 0.788. The Hall–Kier alpha value is -2.57. The number of carbonyl (C=O) groups excluding carboxylic acids is 3. The fraction of sp³-hybridized carbons (Fsp3) is 0.526. The fourth-order valence-electron chi connectivity index (χ4n) is 3.29. The van der Waals surface area contributed by atoms with E-state index in [0.717, 1.165) is 11.3 Å². The van der Waals surface area contributed by atoms with Crippen molar-refractivity contribution >= 4 is 17.7 Å². The molecule has 7 heteroatoms. The van der Waals surface area contributed by atoms with E-state index in [1.54, 1.807) is 16.9 Å². The number of hydrogen-bond acceptors (Lipinski definition) is 4. The molecule has 1 saturated heterocycles. The second-order valence-corrected chi connectivity index (χ2v) is 6.91. The summed E-state index contributed by atoms with van der Waals surface area (Å²) in [5.74, 6) is 0.481. The van der Waals surface area contributed by atoms with Crippen LogP contribution in [0.25, 0.3) is 0 Å². The van der Waals surface area contributed by atoms with Crippen LogP contribution >= 0.6 is 0 Å². The van der Waals surface area contributed by atoms with Crippen LogP contribution < -0.4 is 10.1 Å². The van der Waals surface area contributed by atoms with E-state index in [1.165, 1.54) is 6.92 Å². The standard InChI is InChI=1S/C19H25N3O4/c1-14(23)21-9-11-22(12-10-21)18(25)19(7-8-19)17(24)20-13-15-3-5-16(26-2)6-4-15/h3-6H,7-13H2,1-2H3,(H,20,24). The number of hydrogen-bond donors (Lipinski definition) is 1. The molecule has 1 aromatic carbocycles. The van der Waals surface area contributed by atoms with Gasteiger partial charge in [-0.15, -0.1) is 0 Å². The number of piperazine rings is 1. The summed E-state index contributed by atoms with van der Waals surface area (Å²) in [6.07, 6.45) is 1.18. The summed E-state index contributed by atoms with van der Waals surface area (Å²) in [5, 5.41) is 2.89. The Morgan fingerprint density at radius 1 is 1.04 bits per heavy atom. The van der Waals surface area contributed by atoms with Gasteiger partial charge >= 0.3 is 0 Å². The molecule has 1 aliphatic carbocycles. The molecular formula is C19H25N3O4. The molecule has 3 rings (SSSR count). The number of nitrogens with zero attached hydrogens (tertiary/aromatic N) is 2. The lowest BCUT2D eigenvalue weighted by atomic mass is 10.0. The minimum Gasteiger partial charge on any atom is -0.497 e. The first kappa shape index (κ1) is 18.2. The Morgan fingerprint density at radius 3 is 2.12 bits per heavy atom. The number of rotatable bonds is 5. The van der Waals surface area contributed by atoms with E-state index in [9.17, 15) is 14.4 Å². The maximum atomic E-state index is 12.8. The molecule has 0 radical (unpaired) electrons. The molecular weight excluding hydrogens is 334 g/mol. The van der Waals surface area contributed by atoms with Gasteiger partial charge in [0.15, 0.2) is 0 Å². The van der Waals surface area contributed by atoms with Crippen molar-refractivity contribution in [3.05, 3.63) is 29.8 Å². The first-order valence-corrected chi connectivity index (χ1v) is 8.92. The molecule has 26 heavy (non-hydrogen) atoms. The smallest absolute Gasteiger partial charge is 0.238 e. The Morgan fingerprint density at radius 2 is 1.62 bits per heavy atom. The number of methoxy groups -OCH3 is 1. The number of amides is 3. The third-order valence-corrected chi connectivity index (χ3v) is 5.22. The lowest BCUT2D eigenvalue weighted by Crippen LogP contribution is -2.54. The van der Waals surface area contributed by atoms with Gasteiger partial charge in [0.1, 0.15) is 11.2 Å². The van der Waals surface area contributed by atoms with E-state index in [0.29, 0.717) is 45.6 Å². The third-order valence-electron chi connectivity index (χ3n) is 5.22. The van der Waals surface area contributed by atoms with Crippen molar-refractivity contribution in [2.45, 2.75) is 26.3 Å². The van der Waals surface area contributed by atoms with Crippen molar-refractivity contribution in [2.24, 2.45) is 5.41 Å². The average molecular weight is 359 g/mol. The molecule has 2 fully saturated rings. The van der Waals surface area contributed by atoms with Crippen LogP contribution in [0.5, 0.6) is 5.75 Å². The highest BCUT2D eigenvalue weighted by Gasteiger charge is 2.58. The van der Waals surface area contributed by atoms with Crippen molar-refractivity contribution in [1.29, 1.82) is 0 Å². The summed E-state index contributed by atoms with van der Waals surface area (Å²) in [5.41, 5.74) is 0.0442. The minimum atomic E-state index is -0.912. The van der Waals surface area contributed by atoms with Crippen molar-refractivity contribution in [3.63, 3.8) is 0 Å². The maximum Gasteiger partial charge on any atom is 0.238 e. The zero-order valence-electron chi connectivity index (χ0n) is 15.3. The molecule has 140 valence electrons. The van der Waals surface area contributed by atoms with Crippen molar-refractivity contribution < 1.29 is 19.1 Å². The van der Waals surface area contributed by atoms with E-state index in [-0.39, 0.29) is 17.7 Å². The van der Waals surface area contributed by atoms with Gasteiger partial charge in [0.05, 0.1) is 7.11 Å². The van der Waals surface area contributed by atoms with Gasteiger partial charge in [-0.2, -0.15) is 0 Å². The zero-order valence-corrected chi connectivity index (χ0v) is 15.3. The summed E-state index contributed by atoms with van der Waals surface area (Å²) in [6, 6.07) is 7.46. The third kappa shape index (κ3) is 3.66. The molecule has 3 amide bonds. The van der Waals surface area contributed by atoms with Crippen LogP contribution in [0.3, 0.4) is 0 Å². The van der Waals surface area contributed by atoms with Gasteiger partial charge < -0.3 is 19.9 Å². The zero-order chi connectivity index (χ0) is 18.7. The van der Waals surface area contributed by atoms with Gasteiger partial charge in [-0.05, 0) is 30.5 Å². The largest absolute Gasteiger partial charge is 0.497 e. The van der Waals surface area contributed by atoms with E-state index in [1.807, 2.05) is 24.3 Å². The van der Waals surface area contributed by atoms with Gasteiger partial charge in [-0.25, -0.2) is 0 Å². The Bertz CT molecular complexity index is 689. The van der Waals surface area contributed by atoms with Gasteiger partial charge in [0.25, 0.3) is 0 Å². The van der Waals surface area contributed by atoms with Crippen molar-refractivity contribution in [2.75, 3.05) is 33.3 Å². The lowest BCUT2D eigenvalue weighted by Gasteiger charge is -2.35. The molecule has 0 bridgehead atoms. The highest BCUT2D eigenvalue weighted by atomic mass is 16.5. The molecule has 7 nitrogen and oxygen atoms in total. The Balaban J connectivity index is 1.55. The van der Waals surface area contributed by atoms with Crippen LogP contribution in [0.2, 0.25) is 0 Å². The molecule has 1 aliphatic heterocycles. The van der Waals surface area contributed by atoms with Gasteiger partial charge in [-0.1, -0.05) is 12.1 Å². The van der Waals surface area contributed by atoms with Crippen LogP contribution in [-0.2, 0) is 20.9 Å². The minimum absolute atomic E-state index is 0.0236. The Labute approximate surface area is 153 Å². The monoisotopic (exact) mass is 359 g/mol. The summed E-state index contributed by atoms with van der Waals surface area (Å²) >= 11 is 0. The van der Waals surface area contributed by atoms with Gasteiger partial charge in [0, 0.05) is 39.6 Å². The van der Waals surface area contributed by atoms with E-state index < -0.39 is 5.41 Å². The maximum absolute atomic E-state index is 12.8. The lowest BCUT2D eigenvalue weighted by molar-refractivity contribution is -0.147. The van der Waals surface area contributed by atoms with Crippen molar-refractivity contribution in [1.82, 2.24) is 15.1 Å². The van der Waals surface area contributed by atoms with Gasteiger partial charge in [-0.3, -0.25) is 14.4 Å². The predicted molar refractivity (Wildman–Crippen MR) is 95.3 cm³/mol. The molecule has 2 aliphatic rings. The van der Waals surface area contributed by atoms with Crippen LogP contribution in [0.1, 0.15) is 25.3 Å². The molecule has 1 heterocycles. The molecule has 0 atom stereocenters. The molecule has 0 spiro atoms. The van der Waals surface area contributed by atoms with E-state index >= 15 is 0 Å². The van der Waals surface area contributed by atoms with Crippen LogP contribution in [0, 0.1) is 5.41 Å². The normalized spacial score (nSPS) is 18.2. The van der Waals surface area contributed by atoms with E-state index in [2.05, 4.69) is 5.32 Å². The Kier molecular flexibility index (Phi) is 5.15. The number of ether oxygens (including phenoxy) is 1. The molecule has 0 unspecified atom stereocenters. The summed E-state index contributed by atoms with van der Waals surface area (Å²) in [4.78, 5) is 40.3. The first-order valence-electron chi connectivity index (χ1n) is 8.92. The first-order chi connectivity index (χ1) is 12.5. The molecule has 0 aromatic heterocycles. The van der Waals surface area contributed by atoms with Crippen LogP contribution in [-0.4, -0.2) is 60.8 Å². The van der Waals surface area contributed by atoms with Crippen LogP contribution in [0.4, 0.5) is 0 Å². The number of nitrogens with one attached hydrogen (secondary N) is 1. The number of carbonyl (C=O) groups is 3. The van der Waals surface area contributed by atoms with Crippen LogP contribution in [0.15, 0.2) is 24.3 Å². The summed E-state index contributed by atoms with van der Waals surface area (Å²) in [6.45, 7) is 3.97. The summed E-state index contributed by atoms with van der Waals surface area (Å²) < 4.78 is 5.12.